The Morgan fingerprint density at radius 1 is 1.08 bits per heavy atom. The highest BCUT2D eigenvalue weighted by atomic mass is 32.2. The van der Waals surface area contributed by atoms with Crippen LogP contribution in [0.25, 0.3) is 0 Å². The van der Waals surface area contributed by atoms with Crippen LogP contribution < -0.4 is 4.31 Å². The van der Waals surface area contributed by atoms with Gasteiger partial charge in [0.25, 0.3) is 0 Å². The predicted molar refractivity (Wildman–Crippen MR) is 90.3 cm³/mol. The number of benzene rings is 2. The minimum atomic E-state index is -4.44. The van der Waals surface area contributed by atoms with Crippen LogP contribution >= 0.6 is 0 Å². The Labute approximate surface area is 149 Å². The molecule has 9 heteroatoms. The largest absolute Gasteiger partial charge is 0.457 e. The molecular formula is C17H16F3NO4S. The number of sulfonamides is 1. The van der Waals surface area contributed by atoms with Gasteiger partial charge in [0.05, 0.1) is 23.1 Å². The highest BCUT2D eigenvalue weighted by Gasteiger charge is 2.30. The van der Waals surface area contributed by atoms with Gasteiger partial charge in [-0.25, -0.2) is 13.2 Å². The van der Waals surface area contributed by atoms with Crippen LogP contribution in [0, 0.1) is 0 Å². The Morgan fingerprint density at radius 2 is 1.65 bits per heavy atom. The Balaban J connectivity index is 2.14. The van der Waals surface area contributed by atoms with Crippen LogP contribution in [0.3, 0.4) is 0 Å². The molecule has 0 aliphatic rings. The average molecular weight is 387 g/mol. The fourth-order valence-corrected chi connectivity index (χ4v) is 2.63. The van der Waals surface area contributed by atoms with Crippen LogP contribution in [0.5, 0.6) is 0 Å². The van der Waals surface area contributed by atoms with E-state index in [4.69, 9.17) is 4.74 Å². The summed E-state index contributed by atoms with van der Waals surface area (Å²) in [5.74, 6) is -0.781. The molecule has 26 heavy (non-hydrogen) atoms. The lowest BCUT2D eigenvalue weighted by molar-refractivity contribution is -0.137. The summed E-state index contributed by atoms with van der Waals surface area (Å²) in [4.78, 5) is 12.3. The molecule has 0 fully saturated rings. The van der Waals surface area contributed by atoms with Crippen molar-refractivity contribution in [2.24, 2.45) is 0 Å². The first-order chi connectivity index (χ1) is 12.0. The predicted octanol–water partition coefficient (Wildman–Crippen LogP) is 3.46. The summed E-state index contributed by atoms with van der Waals surface area (Å²) < 4.78 is 67.0. The fourth-order valence-electron chi connectivity index (χ4n) is 2.12. The summed E-state index contributed by atoms with van der Waals surface area (Å²) in [5.41, 5.74) is -0.243. The standard InChI is InChI=1S/C17H16F3NO4S/c1-21(26(2,23)24)15-6-4-3-5-14(15)16(22)25-11-12-7-9-13(10-8-12)17(18,19)20/h3-10H,11H2,1-2H3. The van der Waals surface area contributed by atoms with E-state index in [-0.39, 0.29) is 17.9 Å². The fraction of sp³-hybridized carbons (Fsp3) is 0.235. The van der Waals surface area contributed by atoms with Crippen molar-refractivity contribution in [2.75, 3.05) is 17.6 Å². The minimum absolute atomic E-state index is 0.0346. The summed E-state index contributed by atoms with van der Waals surface area (Å²) in [5, 5.41) is 0. The second-order valence-corrected chi connectivity index (χ2v) is 7.53. The highest BCUT2D eigenvalue weighted by Crippen LogP contribution is 2.29. The van der Waals surface area contributed by atoms with Crippen LogP contribution in [-0.4, -0.2) is 27.7 Å². The molecule has 140 valence electrons. The van der Waals surface area contributed by atoms with Crippen molar-refractivity contribution in [3.8, 4) is 0 Å². The number of hydrogen-bond acceptors (Lipinski definition) is 4. The molecule has 2 rings (SSSR count). The third-order valence-corrected chi connectivity index (χ3v) is 4.80. The van der Waals surface area contributed by atoms with Gasteiger partial charge in [0.2, 0.25) is 10.0 Å². The molecule has 2 aromatic carbocycles. The zero-order chi connectivity index (χ0) is 19.5. The van der Waals surface area contributed by atoms with E-state index >= 15 is 0 Å². The van der Waals surface area contributed by atoms with Crippen LogP contribution in [0.15, 0.2) is 48.5 Å². The lowest BCUT2D eigenvalue weighted by Gasteiger charge is -2.19. The SMILES string of the molecule is CN(c1ccccc1C(=O)OCc1ccc(C(F)(F)F)cc1)S(C)(=O)=O. The molecule has 2 aromatic rings. The number of anilines is 1. The Morgan fingerprint density at radius 3 is 2.19 bits per heavy atom. The Bertz CT molecular complexity index is 893. The van der Waals surface area contributed by atoms with Crippen molar-refractivity contribution in [1.29, 1.82) is 0 Å². The molecule has 0 unspecified atom stereocenters. The summed E-state index contributed by atoms with van der Waals surface area (Å²) in [6, 6.07) is 10.2. The second kappa shape index (κ2) is 7.36. The number of esters is 1. The van der Waals surface area contributed by atoms with Crippen molar-refractivity contribution in [3.05, 3.63) is 65.2 Å². The molecule has 0 spiro atoms. The van der Waals surface area contributed by atoms with Gasteiger partial charge in [0, 0.05) is 7.05 Å². The topological polar surface area (TPSA) is 63.7 Å². The Kier molecular flexibility index (Phi) is 5.60. The van der Waals surface area contributed by atoms with Gasteiger partial charge in [-0.15, -0.1) is 0 Å². The van der Waals surface area contributed by atoms with Crippen LogP contribution in [0.2, 0.25) is 0 Å². The van der Waals surface area contributed by atoms with E-state index in [0.717, 1.165) is 22.7 Å². The van der Waals surface area contributed by atoms with Crippen molar-refractivity contribution < 1.29 is 31.1 Å². The van der Waals surface area contributed by atoms with Gasteiger partial charge >= 0.3 is 12.1 Å². The number of rotatable bonds is 5. The first-order valence-electron chi connectivity index (χ1n) is 7.36. The van der Waals surface area contributed by atoms with Gasteiger partial charge in [0.15, 0.2) is 0 Å². The molecule has 0 saturated heterocycles. The van der Waals surface area contributed by atoms with Crippen molar-refractivity contribution in [1.82, 2.24) is 0 Å². The smallest absolute Gasteiger partial charge is 0.416 e. The maximum Gasteiger partial charge on any atom is 0.416 e. The maximum atomic E-state index is 12.5. The summed E-state index contributed by atoms with van der Waals surface area (Å²) in [6.07, 6.45) is -3.44. The number of carbonyl (C=O) groups is 1. The molecule has 0 bridgehead atoms. The minimum Gasteiger partial charge on any atom is -0.457 e. The van der Waals surface area contributed by atoms with E-state index in [2.05, 4.69) is 0 Å². The van der Waals surface area contributed by atoms with E-state index in [1.54, 1.807) is 12.1 Å². The van der Waals surface area contributed by atoms with Gasteiger partial charge in [-0.05, 0) is 29.8 Å². The summed E-state index contributed by atoms with van der Waals surface area (Å²) >= 11 is 0. The zero-order valence-corrected chi connectivity index (χ0v) is 14.8. The lowest BCUT2D eigenvalue weighted by Crippen LogP contribution is -2.26. The van der Waals surface area contributed by atoms with Gasteiger partial charge < -0.3 is 4.74 Å². The van der Waals surface area contributed by atoms with E-state index in [0.29, 0.717) is 5.56 Å². The summed E-state index contributed by atoms with van der Waals surface area (Å²) in [6.45, 7) is -0.242. The highest BCUT2D eigenvalue weighted by molar-refractivity contribution is 7.92. The number of carbonyl (C=O) groups excluding carboxylic acids is 1. The van der Waals surface area contributed by atoms with Crippen LogP contribution in [-0.2, 0) is 27.5 Å². The second-order valence-electron chi connectivity index (χ2n) is 5.52. The third kappa shape index (κ3) is 4.75. The van der Waals surface area contributed by atoms with E-state index in [1.807, 2.05) is 0 Å². The average Bonchev–Trinajstić information content (AvgIpc) is 2.57. The number of alkyl halides is 3. The number of ether oxygens (including phenoxy) is 1. The molecule has 0 aromatic heterocycles. The van der Waals surface area contributed by atoms with Gasteiger partial charge in [0.1, 0.15) is 6.61 Å². The van der Waals surface area contributed by atoms with Crippen LogP contribution in [0.4, 0.5) is 18.9 Å². The number of nitrogens with zero attached hydrogens (tertiary/aromatic N) is 1. The van der Waals surface area contributed by atoms with E-state index < -0.39 is 27.7 Å². The normalized spacial score (nSPS) is 11.9. The van der Waals surface area contributed by atoms with Gasteiger partial charge in [-0.1, -0.05) is 24.3 Å². The maximum absolute atomic E-state index is 12.5. The molecular weight excluding hydrogens is 371 g/mol. The molecule has 0 aliphatic carbocycles. The van der Waals surface area contributed by atoms with Crippen molar-refractivity contribution in [2.45, 2.75) is 12.8 Å². The first-order valence-corrected chi connectivity index (χ1v) is 9.21. The first kappa shape index (κ1) is 19.8. The molecule has 0 N–H and O–H groups in total. The van der Waals surface area contributed by atoms with E-state index in [9.17, 15) is 26.4 Å². The molecule has 0 amide bonds. The summed E-state index contributed by atoms with van der Waals surface area (Å²) in [7, 11) is -2.28. The number of hydrogen-bond donors (Lipinski definition) is 0. The Hall–Kier alpha value is -2.55. The molecule has 5 nitrogen and oxygen atoms in total. The zero-order valence-electron chi connectivity index (χ0n) is 13.9. The number of halogens is 3. The van der Waals surface area contributed by atoms with Crippen molar-refractivity contribution >= 4 is 21.7 Å². The van der Waals surface area contributed by atoms with Gasteiger partial charge in [-0.2, -0.15) is 13.2 Å². The molecule has 0 saturated carbocycles. The molecule has 0 aliphatic heterocycles. The van der Waals surface area contributed by atoms with Crippen molar-refractivity contribution in [3.63, 3.8) is 0 Å². The lowest BCUT2D eigenvalue weighted by atomic mass is 10.1. The molecule has 0 radical (unpaired) electrons. The van der Waals surface area contributed by atoms with Crippen LogP contribution in [0.1, 0.15) is 21.5 Å². The van der Waals surface area contributed by atoms with E-state index in [1.165, 1.54) is 31.3 Å². The number of para-hydroxylation sites is 1. The monoisotopic (exact) mass is 387 g/mol. The molecule has 0 atom stereocenters. The van der Waals surface area contributed by atoms with Gasteiger partial charge in [-0.3, -0.25) is 4.31 Å². The quantitative estimate of drug-likeness (QED) is 0.737. The third-order valence-electron chi connectivity index (χ3n) is 3.61. The molecule has 0 heterocycles.